The first-order valence-corrected chi connectivity index (χ1v) is 5.06. The fourth-order valence-corrected chi connectivity index (χ4v) is 1.38. The van der Waals surface area contributed by atoms with Crippen LogP contribution in [0.1, 0.15) is 5.56 Å². The molecule has 1 fully saturated rings. The lowest BCUT2D eigenvalue weighted by Crippen LogP contribution is -2.54. The number of imide groups is 1. The van der Waals surface area contributed by atoms with Gasteiger partial charge in [0.1, 0.15) is 11.8 Å². The van der Waals surface area contributed by atoms with Gasteiger partial charge in [0, 0.05) is 6.21 Å². The van der Waals surface area contributed by atoms with E-state index in [1.165, 1.54) is 18.3 Å². The van der Waals surface area contributed by atoms with Gasteiger partial charge in [0.25, 0.3) is 5.91 Å². The molecule has 88 valence electrons. The number of hydrogen-bond acceptors (Lipinski definition) is 4. The van der Waals surface area contributed by atoms with E-state index in [1.807, 2.05) is 0 Å². The minimum Gasteiger partial charge on any atom is -0.508 e. The van der Waals surface area contributed by atoms with Crippen molar-refractivity contribution >= 4 is 18.2 Å². The molecule has 3 N–H and O–H groups in total. The number of aliphatic imine (C=N–C) groups is 1. The van der Waals surface area contributed by atoms with Crippen LogP contribution in [0.15, 0.2) is 29.3 Å². The smallest absolute Gasteiger partial charge is 0.321 e. The summed E-state index contributed by atoms with van der Waals surface area (Å²) in [6.07, 6.45) is 1.53. The van der Waals surface area contributed by atoms with Crippen LogP contribution >= 0.6 is 0 Å². The van der Waals surface area contributed by atoms with Crippen LogP contribution in [0, 0.1) is 0 Å². The Bertz CT molecular complexity index is 467. The van der Waals surface area contributed by atoms with Gasteiger partial charge in [-0.3, -0.25) is 15.1 Å². The van der Waals surface area contributed by atoms with Crippen LogP contribution < -0.4 is 10.6 Å². The second-order valence-corrected chi connectivity index (χ2v) is 3.58. The van der Waals surface area contributed by atoms with Crippen molar-refractivity contribution in [3.05, 3.63) is 29.8 Å². The molecule has 1 saturated heterocycles. The van der Waals surface area contributed by atoms with E-state index in [-0.39, 0.29) is 12.3 Å². The van der Waals surface area contributed by atoms with Crippen LogP contribution in [0.4, 0.5) is 4.79 Å². The molecule has 1 aromatic rings. The SMILES string of the molecule is O=C1NCC(N=Cc2ccc(O)cc2)C(=O)N1. The summed E-state index contributed by atoms with van der Waals surface area (Å²) >= 11 is 0. The topological polar surface area (TPSA) is 90.8 Å². The summed E-state index contributed by atoms with van der Waals surface area (Å²) in [6.45, 7) is 0.194. The van der Waals surface area contributed by atoms with Gasteiger partial charge < -0.3 is 10.4 Å². The number of phenolic OH excluding ortho intramolecular Hbond substituents is 1. The number of carbonyl (C=O) groups is 2. The summed E-state index contributed by atoms with van der Waals surface area (Å²) < 4.78 is 0. The van der Waals surface area contributed by atoms with E-state index in [9.17, 15) is 9.59 Å². The number of rotatable bonds is 2. The number of urea groups is 1. The third kappa shape index (κ3) is 2.81. The third-order valence-corrected chi connectivity index (χ3v) is 2.29. The van der Waals surface area contributed by atoms with E-state index in [0.717, 1.165) is 5.56 Å². The lowest BCUT2D eigenvalue weighted by molar-refractivity contribution is -0.121. The molecule has 2 rings (SSSR count). The van der Waals surface area contributed by atoms with Crippen molar-refractivity contribution in [2.45, 2.75) is 6.04 Å². The van der Waals surface area contributed by atoms with E-state index in [4.69, 9.17) is 5.11 Å². The Balaban J connectivity index is 2.03. The monoisotopic (exact) mass is 233 g/mol. The predicted octanol–water partition coefficient (Wildman–Crippen LogP) is 0.0191. The van der Waals surface area contributed by atoms with Crippen LogP contribution in [0.3, 0.4) is 0 Å². The van der Waals surface area contributed by atoms with Crippen molar-refractivity contribution in [3.8, 4) is 5.75 Å². The van der Waals surface area contributed by atoms with Gasteiger partial charge in [0.15, 0.2) is 0 Å². The van der Waals surface area contributed by atoms with Crippen LogP contribution in [0.25, 0.3) is 0 Å². The minimum atomic E-state index is -0.610. The molecule has 0 aliphatic carbocycles. The minimum absolute atomic E-state index is 0.171. The summed E-state index contributed by atoms with van der Waals surface area (Å²) in [7, 11) is 0. The van der Waals surface area contributed by atoms with E-state index in [2.05, 4.69) is 15.6 Å². The fraction of sp³-hybridized carbons (Fsp3) is 0.182. The maximum Gasteiger partial charge on any atom is 0.321 e. The first kappa shape index (κ1) is 11.1. The number of nitrogens with one attached hydrogen (secondary N) is 2. The van der Waals surface area contributed by atoms with Crippen LogP contribution in [0.5, 0.6) is 5.75 Å². The number of nitrogens with zero attached hydrogens (tertiary/aromatic N) is 1. The van der Waals surface area contributed by atoms with Crippen LogP contribution in [-0.4, -0.2) is 35.8 Å². The van der Waals surface area contributed by atoms with E-state index in [1.54, 1.807) is 12.1 Å². The Morgan fingerprint density at radius 3 is 2.65 bits per heavy atom. The maximum atomic E-state index is 11.4. The highest BCUT2D eigenvalue weighted by Crippen LogP contribution is 2.08. The highest BCUT2D eigenvalue weighted by molar-refractivity contribution is 6.00. The molecule has 6 heteroatoms. The number of phenols is 1. The van der Waals surface area contributed by atoms with Gasteiger partial charge in [-0.15, -0.1) is 0 Å². The molecule has 0 aromatic heterocycles. The lowest BCUT2D eigenvalue weighted by Gasteiger charge is -2.18. The van der Waals surface area contributed by atoms with Crippen LogP contribution in [0.2, 0.25) is 0 Å². The summed E-state index contributed by atoms with van der Waals surface area (Å²) in [5, 5.41) is 13.7. The number of amides is 3. The summed E-state index contributed by atoms with van der Waals surface area (Å²) in [4.78, 5) is 26.2. The maximum absolute atomic E-state index is 11.4. The molecule has 0 bridgehead atoms. The van der Waals surface area contributed by atoms with Crippen molar-refractivity contribution in [2.75, 3.05) is 6.54 Å². The molecule has 3 amide bonds. The van der Waals surface area contributed by atoms with Gasteiger partial charge in [-0.2, -0.15) is 0 Å². The molecule has 0 radical (unpaired) electrons. The van der Waals surface area contributed by atoms with E-state index >= 15 is 0 Å². The molecule has 1 aliphatic heterocycles. The summed E-state index contributed by atoms with van der Waals surface area (Å²) in [5.74, 6) is -0.242. The number of benzene rings is 1. The molecule has 1 atom stereocenters. The van der Waals surface area contributed by atoms with Crippen LogP contribution in [-0.2, 0) is 4.79 Å². The molecule has 1 unspecified atom stereocenters. The number of aromatic hydroxyl groups is 1. The Morgan fingerprint density at radius 1 is 1.29 bits per heavy atom. The average Bonchev–Trinajstić information content (AvgIpc) is 2.30. The molecule has 0 saturated carbocycles. The molecule has 1 aliphatic rings. The largest absolute Gasteiger partial charge is 0.508 e. The molecule has 1 aromatic carbocycles. The zero-order chi connectivity index (χ0) is 12.3. The van der Waals surface area contributed by atoms with Gasteiger partial charge in [0.2, 0.25) is 0 Å². The Labute approximate surface area is 97.4 Å². The van der Waals surface area contributed by atoms with Crippen molar-refractivity contribution < 1.29 is 14.7 Å². The first-order valence-electron chi connectivity index (χ1n) is 5.06. The van der Waals surface area contributed by atoms with Crippen molar-refractivity contribution in [2.24, 2.45) is 4.99 Å². The van der Waals surface area contributed by atoms with Crippen molar-refractivity contribution in [1.29, 1.82) is 0 Å². The second-order valence-electron chi connectivity index (χ2n) is 3.58. The van der Waals surface area contributed by atoms with E-state index in [0.29, 0.717) is 0 Å². The Hall–Kier alpha value is -2.37. The fourth-order valence-electron chi connectivity index (χ4n) is 1.38. The van der Waals surface area contributed by atoms with Gasteiger partial charge in [-0.25, -0.2) is 4.79 Å². The molecule has 6 nitrogen and oxygen atoms in total. The predicted molar refractivity (Wildman–Crippen MR) is 61.0 cm³/mol. The highest BCUT2D eigenvalue weighted by atomic mass is 16.3. The molecular weight excluding hydrogens is 222 g/mol. The average molecular weight is 233 g/mol. The summed E-state index contributed by atoms with van der Waals surface area (Å²) in [5.41, 5.74) is 0.771. The normalized spacial score (nSPS) is 20.1. The summed E-state index contributed by atoms with van der Waals surface area (Å²) in [6, 6.07) is 5.32. The molecular formula is C11H11N3O3. The lowest BCUT2D eigenvalue weighted by atomic mass is 10.2. The van der Waals surface area contributed by atoms with E-state index < -0.39 is 18.0 Å². The third-order valence-electron chi connectivity index (χ3n) is 2.29. The molecule has 17 heavy (non-hydrogen) atoms. The standard InChI is InChI=1S/C11H11N3O3/c15-8-3-1-7(2-4-8)5-12-9-6-13-11(17)14-10(9)16/h1-5,9,15H,6H2,(H2,13,14,16,17). The number of carbonyl (C=O) groups excluding carboxylic acids is 2. The van der Waals surface area contributed by atoms with Gasteiger partial charge in [-0.05, 0) is 29.8 Å². The van der Waals surface area contributed by atoms with Crippen molar-refractivity contribution in [1.82, 2.24) is 10.6 Å². The zero-order valence-corrected chi connectivity index (χ0v) is 8.88. The van der Waals surface area contributed by atoms with Crippen molar-refractivity contribution in [3.63, 3.8) is 0 Å². The highest BCUT2D eigenvalue weighted by Gasteiger charge is 2.24. The number of hydrogen-bond donors (Lipinski definition) is 3. The van der Waals surface area contributed by atoms with Gasteiger partial charge >= 0.3 is 6.03 Å². The van der Waals surface area contributed by atoms with Gasteiger partial charge in [0.05, 0.1) is 6.54 Å². The van der Waals surface area contributed by atoms with Gasteiger partial charge in [-0.1, -0.05) is 0 Å². The Kier molecular flexibility index (Phi) is 3.04. The zero-order valence-electron chi connectivity index (χ0n) is 8.88. The first-order chi connectivity index (χ1) is 8.15. The molecule has 1 heterocycles. The Morgan fingerprint density at radius 2 is 2.00 bits per heavy atom. The molecule has 0 spiro atoms. The quantitative estimate of drug-likeness (QED) is 0.629. The second kappa shape index (κ2) is 4.65.